The number of para-hydroxylation sites is 6. The third-order valence-corrected chi connectivity index (χ3v) is 7.88. The number of nitrogens with zero attached hydrogens (tertiary/aromatic N) is 8. The second-order valence-corrected chi connectivity index (χ2v) is 10.4. The molecule has 40 heavy (non-hydrogen) atoms. The van der Waals surface area contributed by atoms with Crippen molar-refractivity contribution < 1.29 is 5.11 Å². The normalized spacial score (nSPS) is 12.2. The molecule has 9 heteroatoms. The Morgan fingerprint density at radius 3 is 1.25 bits per heavy atom. The molecule has 6 rings (SSSR count). The van der Waals surface area contributed by atoms with E-state index in [4.69, 9.17) is 15.0 Å². The zero-order valence-electron chi connectivity index (χ0n) is 23.4. The van der Waals surface area contributed by atoms with Crippen LogP contribution in [-0.4, -0.2) is 69.8 Å². The standard InChI is InChI=1S/C31H36N8O/c1-35-26-13-7-4-10-23(26)32-29(35)20-38(18-19-40)16-17-39(21-30-33-24-11-5-8-14-27(24)36(30)2)22-31-34-25-12-6-9-15-28(25)37(31)3/h4-15,40H,16-22H2,1-3H3. The van der Waals surface area contributed by atoms with Crippen molar-refractivity contribution in [1.82, 2.24) is 38.5 Å². The Bertz CT molecular complexity index is 1680. The van der Waals surface area contributed by atoms with E-state index in [9.17, 15) is 5.11 Å². The van der Waals surface area contributed by atoms with Gasteiger partial charge in [-0.25, -0.2) is 15.0 Å². The minimum atomic E-state index is 0.0967. The molecule has 9 nitrogen and oxygen atoms in total. The zero-order valence-corrected chi connectivity index (χ0v) is 23.4. The molecule has 3 heterocycles. The van der Waals surface area contributed by atoms with Crippen molar-refractivity contribution in [2.24, 2.45) is 21.1 Å². The first-order chi connectivity index (χ1) is 19.5. The van der Waals surface area contributed by atoms with Crippen LogP contribution in [0, 0.1) is 0 Å². The van der Waals surface area contributed by atoms with Crippen LogP contribution >= 0.6 is 0 Å². The molecule has 0 saturated carbocycles. The van der Waals surface area contributed by atoms with Gasteiger partial charge in [0.25, 0.3) is 0 Å². The van der Waals surface area contributed by atoms with Gasteiger partial charge >= 0.3 is 0 Å². The lowest BCUT2D eigenvalue weighted by molar-refractivity contribution is 0.150. The maximum atomic E-state index is 9.88. The Morgan fingerprint density at radius 1 is 0.525 bits per heavy atom. The van der Waals surface area contributed by atoms with Crippen LogP contribution in [0.15, 0.2) is 72.8 Å². The molecule has 0 aliphatic rings. The van der Waals surface area contributed by atoms with Gasteiger partial charge in [0.1, 0.15) is 17.5 Å². The largest absolute Gasteiger partial charge is 0.395 e. The van der Waals surface area contributed by atoms with E-state index in [1.165, 1.54) is 0 Å². The Morgan fingerprint density at radius 2 is 0.875 bits per heavy atom. The lowest BCUT2D eigenvalue weighted by Gasteiger charge is -2.27. The molecule has 0 saturated heterocycles. The fourth-order valence-corrected chi connectivity index (χ4v) is 5.52. The monoisotopic (exact) mass is 536 g/mol. The number of hydrogen-bond acceptors (Lipinski definition) is 6. The van der Waals surface area contributed by atoms with Gasteiger partial charge in [0.2, 0.25) is 0 Å². The first kappa shape index (κ1) is 26.2. The Hall–Kier alpha value is -4.05. The number of imidazole rings is 3. The number of aliphatic hydroxyl groups excluding tert-OH is 1. The molecule has 1 N–H and O–H groups in total. The van der Waals surface area contributed by atoms with Crippen molar-refractivity contribution in [3.63, 3.8) is 0 Å². The smallest absolute Gasteiger partial charge is 0.123 e. The highest BCUT2D eigenvalue weighted by atomic mass is 16.3. The van der Waals surface area contributed by atoms with E-state index in [0.717, 1.165) is 63.7 Å². The molecule has 206 valence electrons. The lowest BCUT2D eigenvalue weighted by atomic mass is 10.3. The first-order valence-corrected chi connectivity index (χ1v) is 13.8. The van der Waals surface area contributed by atoms with Crippen molar-refractivity contribution in [3.05, 3.63) is 90.3 Å². The second-order valence-electron chi connectivity index (χ2n) is 10.4. The van der Waals surface area contributed by atoms with Crippen LogP contribution in [0.4, 0.5) is 0 Å². The summed E-state index contributed by atoms with van der Waals surface area (Å²) in [4.78, 5) is 19.5. The number of rotatable bonds is 11. The summed E-state index contributed by atoms with van der Waals surface area (Å²) < 4.78 is 6.51. The minimum Gasteiger partial charge on any atom is -0.395 e. The maximum Gasteiger partial charge on any atom is 0.123 e. The summed E-state index contributed by atoms with van der Waals surface area (Å²) in [5.41, 5.74) is 6.38. The average Bonchev–Trinajstić information content (AvgIpc) is 3.58. The van der Waals surface area contributed by atoms with E-state index in [0.29, 0.717) is 26.2 Å². The van der Waals surface area contributed by atoms with Crippen LogP contribution in [0.1, 0.15) is 17.5 Å². The van der Waals surface area contributed by atoms with Gasteiger partial charge in [0, 0.05) is 40.8 Å². The van der Waals surface area contributed by atoms with E-state index < -0.39 is 0 Å². The summed E-state index contributed by atoms with van der Waals surface area (Å²) in [7, 11) is 6.23. The molecule has 0 aliphatic carbocycles. The van der Waals surface area contributed by atoms with Crippen LogP contribution < -0.4 is 0 Å². The molecule has 3 aromatic heterocycles. The molecule has 0 amide bonds. The van der Waals surface area contributed by atoms with Gasteiger partial charge in [0.05, 0.1) is 59.3 Å². The van der Waals surface area contributed by atoms with Crippen molar-refractivity contribution in [1.29, 1.82) is 0 Å². The molecule has 0 atom stereocenters. The Balaban J connectivity index is 1.26. The summed E-state index contributed by atoms with van der Waals surface area (Å²) in [6, 6.07) is 24.7. The van der Waals surface area contributed by atoms with Gasteiger partial charge in [-0.1, -0.05) is 36.4 Å². The molecule has 0 spiro atoms. The first-order valence-electron chi connectivity index (χ1n) is 13.8. The third kappa shape index (κ3) is 5.11. The molecule has 0 unspecified atom stereocenters. The van der Waals surface area contributed by atoms with Gasteiger partial charge in [0.15, 0.2) is 0 Å². The fraction of sp³-hybridized carbons (Fsp3) is 0.323. The van der Waals surface area contributed by atoms with Crippen molar-refractivity contribution in [2.45, 2.75) is 19.6 Å². The topological polar surface area (TPSA) is 80.2 Å². The van der Waals surface area contributed by atoms with Crippen LogP contribution in [0.2, 0.25) is 0 Å². The number of aryl methyl sites for hydroxylation is 3. The number of aromatic nitrogens is 6. The van der Waals surface area contributed by atoms with Gasteiger partial charge in [-0.2, -0.15) is 0 Å². The predicted molar refractivity (Wildman–Crippen MR) is 159 cm³/mol. The van der Waals surface area contributed by atoms with Gasteiger partial charge < -0.3 is 18.8 Å². The molecular formula is C31H36N8O. The quantitative estimate of drug-likeness (QED) is 0.271. The maximum absolute atomic E-state index is 9.88. The Kier molecular flexibility index (Phi) is 7.34. The molecule has 0 bridgehead atoms. The highest BCUT2D eigenvalue weighted by Gasteiger charge is 2.19. The molecule has 0 fully saturated rings. The SMILES string of the molecule is Cn1c(CN(CCO)CCN(Cc2nc3ccccc3n2C)Cc2nc3ccccc3n2C)nc2ccccc21. The molecule has 0 radical (unpaired) electrons. The van der Waals surface area contributed by atoms with E-state index in [1.807, 2.05) is 30.3 Å². The number of fused-ring (bicyclic) bond motifs is 3. The predicted octanol–water partition coefficient (Wildman–Crippen LogP) is 3.84. The highest BCUT2D eigenvalue weighted by Crippen LogP contribution is 2.20. The summed E-state index contributed by atoms with van der Waals surface area (Å²) in [5, 5.41) is 9.88. The van der Waals surface area contributed by atoms with Crippen LogP contribution in [0.5, 0.6) is 0 Å². The molecular weight excluding hydrogens is 500 g/mol. The van der Waals surface area contributed by atoms with Crippen LogP contribution in [0.25, 0.3) is 33.1 Å². The van der Waals surface area contributed by atoms with Crippen LogP contribution in [-0.2, 0) is 40.8 Å². The molecule has 0 aliphatic heterocycles. The summed E-state index contributed by atoms with van der Waals surface area (Å²) in [6.07, 6.45) is 0. The van der Waals surface area contributed by atoms with Crippen molar-refractivity contribution in [2.75, 3.05) is 26.2 Å². The van der Waals surface area contributed by atoms with Crippen molar-refractivity contribution in [3.8, 4) is 0 Å². The molecule has 3 aromatic carbocycles. The number of aliphatic hydroxyl groups is 1. The van der Waals surface area contributed by atoms with Crippen molar-refractivity contribution >= 4 is 33.1 Å². The van der Waals surface area contributed by atoms with Crippen LogP contribution in [0.3, 0.4) is 0 Å². The average molecular weight is 537 g/mol. The van der Waals surface area contributed by atoms with Gasteiger partial charge in [-0.15, -0.1) is 0 Å². The Labute approximate surface area is 233 Å². The zero-order chi connectivity index (χ0) is 27.6. The van der Waals surface area contributed by atoms with Gasteiger partial charge in [-0.3, -0.25) is 9.80 Å². The van der Waals surface area contributed by atoms with E-state index in [-0.39, 0.29) is 6.61 Å². The summed E-state index contributed by atoms with van der Waals surface area (Å²) >= 11 is 0. The van der Waals surface area contributed by atoms with E-state index >= 15 is 0 Å². The summed E-state index contributed by atoms with van der Waals surface area (Å²) in [6.45, 7) is 4.28. The third-order valence-electron chi connectivity index (χ3n) is 7.88. The minimum absolute atomic E-state index is 0.0967. The fourth-order valence-electron chi connectivity index (χ4n) is 5.52. The highest BCUT2D eigenvalue weighted by molar-refractivity contribution is 5.77. The number of hydrogen-bond donors (Lipinski definition) is 1. The second kappa shape index (κ2) is 11.2. The van der Waals surface area contributed by atoms with E-state index in [1.54, 1.807) is 0 Å². The number of benzene rings is 3. The summed E-state index contributed by atoms with van der Waals surface area (Å²) in [5.74, 6) is 3.03. The lowest BCUT2D eigenvalue weighted by Crippen LogP contribution is -2.37. The van der Waals surface area contributed by atoms with Gasteiger partial charge in [-0.05, 0) is 36.4 Å². The molecule has 6 aromatic rings. The van der Waals surface area contributed by atoms with E-state index in [2.05, 4.69) is 87.1 Å².